The minimum absolute atomic E-state index is 0.0786. The number of nitrogens with one attached hydrogen (secondary N) is 2. The van der Waals surface area contributed by atoms with E-state index in [0.717, 1.165) is 0 Å². The number of carbonyl (C=O) groups excluding carboxylic acids is 2. The van der Waals surface area contributed by atoms with E-state index in [0.29, 0.717) is 6.54 Å². The molecular formula is C13H26N2O3. The van der Waals surface area contributed by atoms with Crippen LogP contribution in [-0.4, -0.2) is 35.1 Å². The van der Waals surface area contributed by atoms with Crippen molar-refractivity contribution in [2.75, 3.05) is 6.54 Å². The fourth-order valence-corrected chi connectivity index (χ4v) is 1.08. The lowest BCUT2D eigenvalue weighted by Crippen LogP contribution is -2.51. The zero-order valence-corrected chi connectivity index (χ0v) is 12.3. The maximum absolute atomic E-state index is 11.6. The van der Waals surface area contributed by atoms with Crippen molar-refractivity contribution in [2.24, 2.45) is 5.41 Å². The standard InChI is InChI=1S/C13H26N2O3/c1-9(16)13(5,6)15-10(17)7-8-14-11(18)12(2,3)4/h9,16H,7-8H2,1-6H3,(H,14,18)(H,15,17). The second kappa shape index (κ2) is 6.18. The van der Waals surface area contributed by atoms with Crippen LogP contribution in [0.2, 0.25) is 0 Å². The maximum Gasteiger partial charge on any atom is 0.225 e. The van der Waals surface area contributed by atoms with E-state index in [1.807, 2.05) is 20.8 Å². The van der Waals surface area contributed by atoms with Crippen LogP contribution in [0, 0.1) is 5.41 Å². The molecule has 0 aromatic heterocycles. The molecule has 1 atom stereocenters. The van der Waals surface area contributed by atoms with Crippen LogP contribution in [0.5, 0.6) is 0 Å². The van der Waals surface area contributed by atoms with E-state index in [2.05, 4.69) is 10.6 Å². The van der Waals surface area contributed by atoms with Crippen molar-refractivity contribution in [1.82, 2.24) is 10.6 Å². The van der Waals surface area contributed by atoms with Crippen LogP contribution < -0.4 is 10.6 Å². The van der Waals surface area contributed by atoms with Gasteiger partial charge in [-0.2, -0.15) is 0 Å². The Morgan fingerprint density at radius 1 is 1.17 bits per heavy atom. The van der Waals surface area contributed by atoms with E-state index >= 15 is 0 Å². The van der Waals surface area contributed by atoms with Crippen LogP contribution in [0.3, 0.4) is 0 Å². The van der Waals surface area contributed by atoms with Gasteiger partial charge in [0.05, 0.1) is 11.6 Å². The van der Waals surface area contributed by atoms with E-state index in [-0.39, 0.29) is 18.2 Å². The zero-order valence-electron chi connectivity index (χ0n) is 12.3. The molecule has 0 heterocycles. The van der Waals surface area contributed by atoms with Crippen LogP contribution in [0.1, 0.15) is 48.0 Å². The van der Waals surface area contributed by atoms with E-state index in [1.54, 1.807) is 20.8 Å². The average molecular weight is 258 g/mol. The van der Waals surface area contributed by atoms with Gasteiger partial charge < -0.3 is 15.7 Å². The number of aliphatic hydroxyl groups excluding tert-OH is 1. The molecule has 0 saturated carbocycles. The van der Waals surface area contributed by atoms with Gasteiger partial charge in [0.25, 0.3) is 0 Å². The third kappa shape index (κ3) is 6.00. The Labute approximate surface area is 109 Å². The van der Waals surface area contributed by atoms with E-state index in [1.165, 1.54) is 0 Å². The number of carbonyl (C=O) groups is 2. The topological polar surface area (TPSA) is 78.4 Å². The summed E-state index contributed by atoms with van der Waals surface area (Å²) in [6.07, 6.45) is -0.427. The molecule has 0 aromatic carbocycles. The highest BCUT2D eigenvalue weighted by Gasteiger charge is 2.26. The zero-order chi connectivity index (χ0) is 14.6. The first-order valence-electron chi connectivity index (χ1n) is 6.24. The normalized spacial score (nSPS) is 13.9. The summed E-state index contributed by atoms with van der Waals surface area (Å²) in [5.74, 6) is -0.264. The number of hydrogen-bond acceptors (Lipinski definition) is 3. The Bertz CT molecular complexity index is 304. The second-order valence-electron chi connectivity index (χ2n) is 6.20. The molecule has 0 aromatic rings. The Kier molecular flexibility index (Phi) is 5.80. The molecule has 0 aliphatic rings. The minimum Gasteiger partial charge on any atom is -0.391 e. The smallest absolute Gasteiger partial charge is 0.225 e. The number of rotatable bonds is 5. The van der Waals surface area contributed by atoms with Gasteiger partial charge >= 0.3 is 0 Å². The fourth-order valence-electron chi connectivity index (χ4n) is 1.08. The summed E-state index contributed by atoms with van der Waals surface area (Å²) in [4.78, 5) is 23.2. The second-order valence-corrected chi connectivity index (χ2v) is 6.20. The molecule has 0 radical (unpaired) electrons. The Hall–Kier alpha value is -1.10. The number of hydrogen-bond donors (Lipinski definition) is 3. The molecule has 0 fully saturated rings. The lowest BCUT2D eigenvalue weighted by atomic mass is 9.95. The van der Waals surface area contributed by atoms with Gasteiger partial charge in [-0.1, -0.05) is 20.8 Å². The highest BCUT2D eigenvalue weighted by molar-refractivity contribution is 5.82. The predicted octanol–water partition coefficient (Wildman–Crippen LogP) is 0.814. The summed E-state index contributed by atoms with van der Waals surface area (Å²) >= 11 is 0. The molecule has 2 amide bonds. The monoisotopic (exact) mass is 258 g/mol. The third-order valence-electron chi connectivity index (χ3n) is 2.82. The molecule has 106 valence electrons. The summed E-state index contributed by atoms with van der Waals surface area (Å²) in [5, 5.41) is 14.9. The van der Waals surface area contributed by atoms with Gasteiger partial charge in [-0.25, -0.2) is 0 Å². The molecule has 5 heteroatoms. The average Bonchev–Trinajstić information content (AvgIpc) is 2.14. The first-order chi connectivity index (χ1) is 7.97. The largest absolute Gasteiger partial charge is 0.391 e. The van der Waals surface area contributed by atoms with Gasteiger partial charge in [0.2, 0.25) is 11.8 Å². The summed E-state index contributed by atoms with van der Waals surface area (Å²) < 4.78 is 0. The Morgan fingerprint density at radius 3 is 2.06 bits per heavy atom. The van der Waals surface area contributed by atoms with E-state index in [4.69, 9.17) is 0 Å². The summed E-state index contributed by atoms with van der Waals surface area (Å²) in [5.41, 5.74) is -1.11. The van der Waals surface area contributed by atoms with Crippen molar-refractivity contribution < 1.29 is 14.7 Å². The molecule has 0 spiro atoms. The van der Waals surface area contributed by atoms with Gasteiger partial charge in [0, 0.05) is 18.4 Å². The molecule has 0 saturated heterocycles. The molecule has 5 nitrogen and oxygen atoms in total. The third-order valence-corrected chi connectivity index (χ3v) is 2.82. The van der Waals surface area contributed by atoms with Crippen LogP contribution in [0.25, 0.3) is 0 Å². The predicted molar refractivity (Wildman–Crippen MR) is 71.0 cm³/mol. The quantitative estimate of drug-likeness (QED) is 0.683. The van der Waals surface area contributed by atoms with Gasteiger partial charge in [0.15, 0.2) is 0 Å². The first kappa shape index (κ1) is 16.9. The van der Waals surface area contributed by atoms with Crippen molar-refractivity contribution in [1.29, 1.82) is 0 Å². The first-order valence-corrected chi connectivity index (χ1v) is 6.24. The molecule has 0 bridgehead atoms. The van der Waals surface area contributed by atoms with Crippen LogP contribution >= 0.6 is 0 Å². The minimum atomic E-state index is -0.662. The summed E-state index contributed by atoms with van der Waals surface area (Å²) in [6, 6.07) is 0. The van der Waals surface area contributed by atoms with Gasteiger partial charge in [-0.05, 0) is 20.8 Å². The SMILES string of the molecule is CC(O)C(C)(C)NC(=O)CCNC(=O)C(C)(C)C. The number of aliphatic hydroxyl groups is 1. The van der Waals surface area contributed by atoms with Gasteiger partial charge in [-0.15, -0.1) is 0 Å². The molecule has 18 heavy (non-hydrogen) atoms. The number of amides is 2. The van der Waals surface area contributed by atoms with E-state index in [9.17, 15) is 14.7 Å². The summed E-state index contributed by atoms with van der Waals surface area (Å²) in [7, 11) is 0. The Balaban J connectivity index is 4.04. The molecule has 0 aliphatic carbocycles. The molecule has 3 N–H and O–H groups in total. The molecule has 1 unspecified atom stereocenters. The van der Waals surface area contributed by atoms with Crippen molar-refractivity contribution in [2.45, 2.75) is 59.6 Å². The fraction of sp³-hybridized carbons (Fsp3) is 0.846. The Morgan fingerprint density at radius 2 is 1.67 bits per heavy atom. The van der Waals surface area contributed by atoms with Crippen molar-refractivity contribution in [3.8, 4) is 0 Å². The molecular weight excluding hydrogens is 232 g/mol. The van der Waals surface area contributed by atoms with Crippen molar-refractivity contribution >= 4 is 11.8 Å². The maximum atomic E-state index is 11.6. The highest BCUT2D eigenvalue weighted by atomic mass is 16.3. The van der Waals surface area contributed by atoms with Crippen LogP contribution in [-0.2, 0) is 9.59 Å². The van der Waals surface area contributed by atoms with Crippen LogP contribution in [0.15, 0.2) is 0 Å². The summed E-state index contributed by atoms with van der Waals surface area (Å²) in [6.45, 7) is 10.9. The van der Waals surface area contributed by atoms with Gasteiger partial charge in [-0.3, -0.25) is 9.59 Å². The molecule has 0 aliphatic heterocycles. The van der Waals surface area contributed by atoms with E-state index < -0.39 is 17.1 Å². The van der Waals surface area contributed by atoms with Gasteiger partial charge in [0.1, 0.15) is 0 Å². The lowest BCUT2D eigenvalue weighted by molar-refractivity contribution is -0.128. The highest BCUT2D eigenvalue weighted by Crippen LogP contribution is 2.12. The lowest BCUT2D eigenvalue weighted by Gasteiger charge is -2.29. The van der Waals surface area contributed by atoms with Crippen molar-refractivity contribution in [3.05, 3.63) is 0 Å². The van der Waals surface area contributed by atoms with Crippen LogP contribution in [0.4, 0.5) is 0 Å². The van der Waals surface area contributed by atoms with Crippen molar-refractivity contribution in [3.63, 3.8) is 0 Å². The molecule has 0 rings (SSSR count).